The minimum atomic E-state index is 0.0335. The first kappa shape index (κ1) is 8.45. The minimum absolute atomic E-state index is 0.0335. The second-order valence-corrected chi connectivity index (χ2v) is 3.63. The molecule has 0 aromatic heterocycles. The molecule has 1 aliphatic carbocycles. The summed E-state index contributed by atoms with van der Waals surface area (Å²) in [6.07, 6.45) is 0.772. The van der Waals surface area contributed by atoms with Crippen LogP contribution in [0.15, 0.2) is 24.3 Å². The summed E-state index contributed by atoms with van der Waals surface area (Å²) in [5, 5.41) is 0. The molecule has 2 nitrogen and oxygen atoms in total. The first-order chi connectivity index (χ1) is 6.20. The molecule has 2 N–H and O–H groups in total. The summed E-state index contributed by atoms with van der Waals surface area (Å²) in [5.41, 5.74) is 8.19. The topological polar surface area (TPSA) is 43.1 Å². The lowest BCUT2D eigenvalue weighted by Gasteiger charge is -2.05. The maximum Gasteiger partial charge on any atom is 0.137 e. The SMILES string of the molecule is CC(=O)C1CC(N)c2ccccc21. The molecule has 0 bridgehead atoms. The van der Waals surface area contributed by atoms with Crippen molar-refractivity contribution in [3.8, 4) is 0 Å². The predicted molar refractivity (Wildman–Crippen MR) is 51.4 cm³/mol. The van der Waals surface area contributed by atoms with Crippen LogP contribution in [0, 0.1) is 0 Å². The lowest BCUT2D eigenvalue weighted by molar-refractivity contribution is -0.118. The molecule has 0 amide bonds. The number of fused-ring (bicyclic) bond motifs is 1. The van der Waals surface area contributed by atoms with E-state index in [2.05, 4.69) is 0 Å². The largest absolute Gasteiger partial charge is 0.324 e. The van der Waals surface area contributed by atoms with Crippen molar-refractivity contribution in [3.63, 3.8) is 0 Å². The zero-order valence-corrected chi connectivity index (χ0v) is 7.66. The fourth-order valence-corrected chi connectivity index (χ4v) is 2.06. The summed E-state index contributed by atoms with van der Waals surface area (Å²) in [6.45, 7) is 1.64. The van der Waals surface area contributed by atoms with Crippen LogP contribution in [0.4, 0.5) is 0 Å². The molecule has 0 heterocycles. The summed E-state index contributed by atoms with van der Waals surface area (Å²) in [7, 11) is 0. The quantitative estimate of drug-likeness (QED) is 0.706. The number of nitrogens with two attached hydrogens (primary N) is 1. The first-order valence-corrected chi connectivity index (χ1v) is 4.55. The third-order valence-corrected chi connectivity index (χ3v) is 2.75. The highest BCUT2D eigenvalue weighted by atomic mass is 16.1. The minimum Gasteiger partial charge on any atom is -0.324 e. The van der Waals surface area contributed by atoms with Gasteiger partial charge in [0.2, 0.25) is 0 Å². The molecule has 1 aromatic carbocycles. The second kappa shape index (κ2) is 2.96. The van der Waals surface area contributed by atoms with Crippen LogP contribution in [-0.2, 0) is 4.79 Å². The van der Waals surface area contributed by atoms with Gasteiger partial charge in [0.05, 0.1) is 0 Å². The van der Waals surface area contributed by atoms with Crippen LogP contribution in [-0.4, -0.2) is 5.78 Å². The lowest BCUT2D eigenvalue weighted by Crippen LogP contribution is -2.08. The van der Waals surface area contributed by atoms with E-state index in [4.69, 9.17) is 5.73 Å². The van der Waals surface area contributed by atoms with E-state index in [0.717, 1.165) is 17.5 Å². The standard InChI is InChI=1S/C11H13NO/c1-7(13)10-6-11(12)9-5-3-2-4-8(9)10/h2-5,10-11H,6,12H2,1H3. The van der Waals surface area contributed by atoms with Gasteiger partial charge in [-0.05, 0) is 24.5 Å². The molecule has 2 heteroatoms. The van der Waals surface area contributed by atoms with Crippen molar-refractivity contribution in [3.05, 3.63) is 35.4 Å². The van der Waals surface area contributed by atoms with Crippen molar-refractivity contribution in [2.45, 2.75) is 25.3 Å². The van der Waals surface area contributed by atoms with E-state index >= 15 is 0 Å². The average Bonchev–Trinajstić information content (AvgIpc) is 2.45. The molecule has 2 unspecified atom stereocenters. The van der Waals surface area contributed by atoms with Gasteiger partial charge in [0.15, 0.2) is 0 Å². The fourth-order valence-electron chi connectivity index (χ4n) is 2.06. The van der Waals surface area contributed by atoms with Crippen LogP contribution in [0.5, 0.6) is 0 Å². The van der Waals surface area contributed by atoms with Gasteiger partial charge in [-0.3, -0.25) is 4.79 Å². The molecule has 13 heavy (non-hydrogen) atoms. The number of hydrogen-bond acceptors (Lipinski definition) is 2. The Hall–Kier alpha value is -1.15. The Morgan fingerprint density at radius 3 is 2.62 bits per heavy atom. The number of benzene rings is 1. The highest BCUT2D eigenvalue weighted by molar-refractivity contribution is 5.84. The van der Waals surface area contributed by atoms with E-state index in [9.17, 15) is 4.79 Å². The molecule has 0 spiro atoms. The summed E-state index contributed by atoms with van der Waals surface area (Å²) in [5.74, 6) is 0.256. The van der Waals surface area contributed by atoms with Crippen LogP contribution < -0.4 is 5.73 Å². The molecule has 68 valence electrons. The third-order valence-electron chi connectivity index (χ3n) is 2.75. The van der Waals surface area contributed by atoms with Crippen molar-refractivity contribution in [1.82, 2.24) is 0 Å². The Balaban J connectivity index is 2.47. The van der Waals surface area contributed by atoms with Crippen LogP contribution in [0.25, 0.3) is 0 Å². The normalized spacial score (nSPS) is 25.7. The van der Waals surface area contributed by atoms with E-state index in [1.807, 2.05) is 24.3 Å². The average molecular weight is 175 g/mol. The Morgan fingerprint density at radius 2 is 2.00 bits per heavy atom. The van der Waals surface area contributed by atoms with Gasteiger partial charge in [0.25, 0.3) is 0 Å². The van der Waals surface area contributed by atoms with E-state index in [0.29, 0.717) is 0 Å². The molecule has 2 atom stereocenters. The molecule has 1 aliphatic rings. The van der Waals surface area contributed by atoms with E-state index < -0.39 is 0 Å². The molecule has 0 radical (unpaired) electrons. The van der Waals surface area contributed by atoms with Gasteiger partial charge in [-0.15, -0.1) is 0 Å². The van der Waals surface area contributed by atoms with Crippen molar-refractivity contribution >= 4 is 5.78 Å². The van der Waals surface area contributed by atoms with Gasteiger partial charge >= 0.3 is 0 Å². The zero-order valence-electron chi connectivity index (χ0n) is 7.66. The number of carbonyl (C=O) groups excluding carboxylic acids is 1. The predicted octanol–water partition coefficient (Wildman–Crippen LogP) is 1.76. The van der Waals surface area contributed by atoms with Crippen LogP contribution >= 0.6 is 0 Å². The van der Waals surface area contributed by atoms with Crippen LogP contribution in [0.1, 0.15) is 36.4 Å². The van der Waals surface area contributed by atoms with Gasteiger partial charge in [0, 0.05) is 12.0 Å². The van der Waals surface area contributed by atoms with Gasteiger partial charge in [-0.1, -0.05) is 24.3 Å². The van der Waals surface area contributed by atoms with Crippen molar-refractivity contribution in [2.75, 3.05) is 0 Å². The second-order valence-electron chi connectivity index (χ2n) is 3.63. The Morgan fingerprint density at radius 1 is 1.38 bits per heavy atom. The molecule has 0 aliphatic heterocycles. The number of carbonyl (C=O) groups is 1. The smallest absolute Gasteiger partial charge is 0.137 e. The molecule has 0 saturated carbocycles. The van der Waals surface area contributed by atoms with Gasteiger partial charge in [-0.2, -0.15) is 0 Å². The fraction of sp³-hybridized carbons (Fsp3) is 0.364. The monoisotopic (exact) mass is 175 g/mol. The van der Waals surface area contributed by atoms with Gasteiger partial charge in [-0.25, -0.2) is 0 Å². The summed E-state index contributed by atoms with van der Waals surface area (Å²) >= 11 is 0. The molecule has 2 rings (SSSR count). The molecular formula is C11H13NO. The molecule has 0 saturated heterocycles. The Labute approximate surface area is 77.8 Å². The molecule has 1 aromatic rings. The van der Waals surface area contributed by atoms with E-state index in [1.54, 1.807) is 6.92 Å². The number of hydrogen-bond donors (Lipinski definition) is 1. The first-order valence-electron chi connectivity index (χ1n) is 4.55. The highest BCUT2D eigenvalue weighted by Crippen LogP contribution is 2.38. The summed E-state index contributed by atoms with van der Waals surface area (Å²) in [4.78, 5) is 11.3. The Bertz CT molecular complexity index is 346. The number of Topliss-reactive ketones (excluding diaryl/α,β-unsaturated/α-hetero) is 1. The van der Waals surface area contributed by atoms with E-state index in [1.165, 1.54) is 0 Å². The summed E-state index contributed by atoms with van der Waals surface area (Å²) in [6, 6.07) is 8.01. The highest BCUT2D eigenvalue weighted by Gasteiger charge is 2.30. The molecule has 0 fully saturated rings. The third kappa shape index (κ3) is 1.27. The van der Waals surface area contributed by atoms with Gasteiger partial charge < -0.3 is 5.73 Å². The Kier molecular flexibility index (Phi) is 1.93. The zero-order chi connectivity index (χ0) is 9.42. The van der Waals surface area contributed by atoms with Crippen molar-refractivity contribution in [1.29, 1.82) is 0 Å². The van der Waals surface area contributed by atoms with Crippen LogP contribution in [0.3, 0.4) is 0 Å². The number of rotatable bonds is 1. The van der Waals surface area contributed by atoms with E-state index in [-0.39, 0.29) is 17.7 Å². The number of ketones is 1. The maximum absolute atomic E-state index is 11.3. The van der Waals surface area contributed by atoms with Gasteiger partial charge in [0.1, 0.15) is 5.78 Å². The lowest BCUT2D eigenvalue weighted by atomic mass is 9.98. The summed E-state index contributed by atoms with van der Waals surface area (Å²) < 4.78 is 0. The van der Waals surface area contributed by atoms with Crippen molar-refractivity contribution < 1.29 is 4.79 Å². The maximum atomic E-state index is 11.3. The molecular weight excluding hydrogens is 162 g/mol. The van der Waals surface area contributed by atoms with Crippen molar-refractivity contribution in [2.24, 2.45) is 5.73 Å². The van der Waals surface area contributed by atoms with Crippen LogP contribution in [0.2, 0.25) is 0 Å².